The molecule has 5 nitrogen and oxygen atoms in total. The molecular formula is C14H15F2NO4S. The fourth-order valence-electron chi connectivity index (χ4n) is 2.67. The molecular weight excluding hydrogens is 316 g/mol. The van der Waals surface area contributed by atoms with Crippen LogP contribution in [0.3, 0.4) is 0 Å². The molecule has 1 saturated heterocycles. The van der Waals surface area contributed by atoms with Gasteiger partial charge in [-0.3, -0.25) is 0 Å². The molecule has 1 aromatic carbocycles. The topological polar surface area (TPSA) is 63.1 Å². The number of oxime groups is 1. The van der Waals surface area contributed by atoms with Crippen molar-refractivity contribution in [3.05, 3.63) is 23.8 Å². The van der Waals surface area contributed by atoms with Gasteiger partial charge in [0.1, 0.15) is 11.5 Å². The molecule has 0 bridgehead atoms. The van der Waals surface area contributed by atoms with Gasteiger partial charge in [0.25, 0.3) is 0 Å². The standard InChI is InChI=1S/C14H15F2NO4S/c1-19-12-6-9(2-3-11(12)20-13(15)16)10-7-14(21-17-10)4-5-22(18)8-14/h2-3,6,13H,4-5,7-8H2,1H3. The first-order chi connectivity index (χ1) is 10.5. The summed E-state index contributed by atoms with van der Waals surface area (Å²) in [7, 11) is 1.38. The van der Waals surface area contributed by atoms with E-state index in [-0.39, 0.29) is 11.5 Å². The second kappa shape index (κ2) is 5.92. The number of rotatable bonds is 4. The lowest BCUT2D eigenvalue weighted by Gasteiger charge is -2.16. The van der Waals surface area contributed by atoms with Gasteiger partial charge >= 0.3 is 6.61 Å². The van der Waals surface area contributed by atoms with Crippen LogP contribution in [0.4, 0.5) is 8.78 Å². The van der Waals surface area contributed by atoms with Gasteiger partial charge in [-0.15, -0.1) is 0 Å². The molecule has 2 heterocycles. The molecule has 2 atom stereocenters. The summed E-state index contributed by atoms with van der Waals surface area (Å²) in [6.45, 7) is -2.91. The SMILES string of the molecule is COc1cc(C2=NOC3(CC[S+]([O-])C3)C2)ccc1OC(F)F. The first-order valence-electron chi connectivity index (χ1n) is 6.75. The zero-order valence-corrected chi connectivity index (χ0v) is 12.7. The van der Waals surface area contributed by atoms with Crippen molar-refractivity contribution in [2.45, 2.75) is 25.1 Å². The Morgan fingerprint density at radius 2 is 2.23 bits per heavy atom. The number of ether oxygens (including phenoxy) is 2. The third-order valence-electron chi connectivity index (χ3n) is 3.76. The highest BCUT2D eigenvalue weighted by atomic mass is 32.2. The van der Waals surface area contributed by atoms with E-state index < -0.39 is 23.4 Å². The normalized spacial score (nSPS) is 27.1. The summed E-state index contributed by atoms with van der Waals surface area (Å²) >= 11 is -0.866. The maximum absolute atomic E-state index is 12.3. The van der Waals surface area contributed by atoms with E-state index in [1.807, 2.05) is 0 Å². The van der Waals surface area contributed by atoms with E-state index in [0.717, 1.165) is 0 Å². The summed E-state index contributed by atoms with van der Waals surface area (Å²) < 4.78 is 45.7. The predicted octanol–water partition coefficient (Wildman–Crippen LogP) is 2.31. The van der Waals surface area contributed by atoms with Gasteiger partial charge in [0.2, 0.25) is 0 Å². The number of benzene rings is 1. The molecule has 2 unspecified atom stereocenters. The van der Waals surface area contributed by atoms with Crippen LogP contribution < -0.4 is 9.47 Å². The van der Waals surface area contributed by atoms with Crippen molar-refractivity contribution < 1.29 is 27.6 Å². The van der Waals surface area contributed by atoms with Gasteiger partial charge in [0.05, 0.1) is 12.8 Å². The molecule has 0 aromatic heterocycles. The zero-order chi connectivity index (χ0) is 15.7. The molecule has 3 rings (SSSR count). The Bertz CT molecular complexity index is 598. The van der Waals surface area contributed by atoms with Crippen molar-refractivity contribution in [2.75, 3.05) is 18.6 Å². The Morgan fingerprint density at radius 1 is 1.41 bits per heavy atom. The van der Waals surface area contributed by atoms with Crippen LogP contribution in [0.15, 0.2) is 23.4 Å². The molecule has 0 N–H and O–H groups in total. The van der Waals surface area contributed by atoms with Crippen molar-refractivity contribution in [2.24, 2.45) is 5.16 Å². The van der Waals surface area contributed by atoms with E-state index in [1.54, 1.807) is 12.1 Å². The highest BCUT2D eigenvalue weighted by molar-refractivity contribution is 7.91. The summed E-state index contributed by atoms with van der Waals surface area (Å²) in [4.78, 5) is 5.51. The van der Waals surface area contributed by atoms with E-state index in [1.165, 1.54) is 13.2 Å². The maximum atomic E-state index is 12.3. The summed E-state index contributed by atoms with van der Waals surface area (Å²) in [5.41, 5.74) is 0.930. The zero-order valence-electron chi connectivity index (χ0n) is 11.9. The van der Waals surface area contributed by atoms with Crippen molar-refractivity contribution in [1.82, 2.24) is 0 Å². The fourth-order valence-corrected chi connectivity index (χ4v) is 4.30. The molecule has 2 aliphatic rings. The summed E-state index contributed by atoms with van der Waals surface area (Å²) in [6.07, 6.45) is 1.26. The van der Waals surface area contributed by atoms with E-state index in [4.69, 9.17) is 9.57 Å². The molecule has 0 amide bonds. The van der Waals surface area contributed by atoms with Crippen LogP contribution >= 0.6 is 0 Å². The lowest BCUT2D eigenvalue weighted by atomic mass is 9.93. The van der Waals surface area contributed by atoms with Gasteiger partial charge in [0, 0.05) is 18.4 Å². The van der Waals surface area contributed by atoms with E-state index in [9.17, 15) is 13.3 Å². The van der Waals surface area contributed by atoms with Crippen molar-refractivity contribution in [3.8, 4) is 11.5 Å². The molecule has 1 aromatic rings. The minimum atomic E-state index is -2.91. The van der Waals surface area contributed by atoms with Crippen LogP contribution in [-0.4, -0.2) is 41.1 Å². The second-order valence-electron chi connectivity index (χ2n) is 5.27. The monoisotopic (exact) mass is 331 g/mol. The summed E-state index contributed by atoms with van der Waals surface area (Å²) in [6, 6.07) is 4.64. The Labute approximate surface area is 129 Å². The first kappa shape index (κ1) is 15.4. The number of alkyl halides is 2. The van der Waals surface area contributed by atoms with Gasteiger partial charge < -0.3 is 18.9 Å². The summed E-state index contributed by atoms with van der Waals surface area (Å²) in [5, 5.41) is 4.08. The third-order valence-corrected chi connectivity index (χ3v) is 5.27. The number of hydrogen-bond acceptors (Lipinski definition) is 5. The van der Waals surface area contributed by atoms with E-state index in [0.29, 0.717) is 35.6 Å². The Balaban J connectivity index is 1.78. The molecule has 120 valence electrons. The van der Waals surface area contributed by atoms with Crippen LogP contribution in [0, 0.1) is 0 Å². The Hall–Kier alpha value is -1.54. The molecule has 2 aliphatic heterocycles. The largest absolute Gasteiger partial charge is 0.616 e. The van der Waals surface area contributed by atoms with E-state index >= 15 is 0 Å². The minimum absolute atomic E-state index is 0.0301. The minimum Gasteiger partial charge on any atom is -0.616 e. The molecule has 0 saturated carbocycles. The third kappa shape index (κ3) is 2.98. The van der Waals surface area contributed by atoms with Crippen LogP contribution in [0.5, 0.6) is 11.5 Å². The van der Waals surface area contributed by atoms with Gasteiger partial charge in [-0.05, 0) is 29.4 Å². The molecule has 0 radical (unpaired) electrons. The Kier molecular flexibility index (Phi) is 4.14. The lowest BCUT2D eigenvalue weighted by molar-refractivity contribution is -0.0512. The van der Waals surface area contributed by atoms with Crippen molar-refractivity contribution >= 4 is 16.9 Å². The van der Waals surface area contributed by atoms with Crippen LogP contribution in [0.2, 0.25) is 0 Å². The van der Waals surface area contributed by atoms with Crippen LogP contribution in [0.1, 0.15) is 18.4 Å². The highest BCUT2D eigenvalue weighted by Gasteiger charge is 2.49. The van der Waals surface area contributed by atoms with Gasteiger partial charge in [-0.2, -0.15) is 8.78 Å². The van der Waals surface area contributed by atoms with Gasteiger partial charge in [0.15, 0.2) is 17.1 Å². The van der Waals surface area contributed by atoms with Gasteiger partial charge in [-0.1, -0.05) is 5.16 Å². The quantitative estimate of drug-likeness (QED) is 0.794. The van der Waals surface area contributed by atoms with Crippen molar-refractivity contribution in [3.63, 3.8) is 0 Å². The molecule has 1 fully saturated rings. The molecule has 1 spiro atoms. The number of hydrogen-bond donors (Lipinski definition) is 0. The van der Waals surface area contributed by atoms with Crippen LogP contribution in [0.25, 0.3) is 0 Å². The average Bonchev–Trinajstić information content (AvgIpc) is 3.06. The molecule has 22 heavy (non-hydrogen) atoms. The first-order valence-corrected chi connectivity index (χ1v) is 8.23. The molecule has 8 heteroatoms. The Morgan fingerprint density at radius 3 is 2.86 bits per heavy atom. The van der Waals surface area contributed by atoms with E-state index in [2.05, 4.69) is 9.89 Å². The summed E-state index contributed by atoms with van der Waals surface area (Å²) in [5.74, 6) is 1.27. The van der Waals surface area contributed by atoms with Crippen LogP contribution in [-0.2, 0) is 16.0 Å². The predicted molar refractivity (Wildman–Crippen MR) is 77.1 cm³/mol. The maximum Gasteiger partial charge on any atom is 0.387 e. The lowest BCUT2D eigenvalue weighted by Crippen LogP contribution is -2.30. The second-order valence-corrected chi connectivity index (χ2v) is 6.85. The number of halogens is 2. The number of nitrogens with zero attached hydrogens (tertiary/aromatic N) is 1. The van der Waals surface area contributed by atoms with Gasteiger partial charge in [-0.25, -0.2) is 0 Å². The number of methoxy groups -OCH3 is 1. The molecule has 0 aliphatic carbocycles. The highest BCUT2D eigenvalue weighted by Crippen LogP contribution is 2.38. The van der Waals surface area contributed by atoms with Crippen molar-refractivity contribution in [1.29, 1.82) is 0 Å². The average molecular weight is 331 g/mol. The fraction of sp³-hybridized carbons (Fsp3) is 0.500. The smallest absolute Gasteiger partial charge is 0.387 e.